The van der Waals surface area contributed by atoms with Crippen molar-refractivity contribution in [1.82, 2.24) is 14.6 Å². The fourth-order valence-electron chi connectivity index (χ4n) is 1.52. The number of benzene rings is 1. The summed E-state index contributed by atoms with van der Waals surface area (Å²) in [4.78, 5) is 5.15. The molecule has 0 fully saturated rings. The third kappa shape index (κ3) is 2.73. The molecule has 2 aromatic heterocycles. The molecule has 0 saturated heterocycles. The van der Waals surface area contributed by atoms with E-state index in [1.54, 1.807) is 30.0 Å². The van der Waals surface area contributed by atoms with Crippen LogP contribution in [0.1, 0.15) is 13.8 Å². The first-order valence-corrected chi connectivity index (χ1v) is 6.74. The van der Waals surface area contributed by atoms with Gasteiger partial charge in [0.2, 0.25) is 4.96 Å². The molecule has 1 aromatic carbocycles. The van der Waals surface area contributed by atoms with Crippen LogP contribution in [0.15, 0.2) is 30.5 Å². The highest BCUT2D eigenvalue weighted by Gasteiger charge is 2.09. The Morgan fingerprint density at radius 2 is 1.89 bits per heavy atom. The van der Waals surface area contributed by atoms with Crippen molar-refractivity contribution in [2.75, 3.05) is 7.11 Å². The minimum atomic E-state index is -0.255. The molecule has 3 rings (SSSR count). The average molecular weight is 279 g/mol. The van der Waals surface area contributed by atoms with Gasteiger partial charge in [0.1, 0.15) is 5.82 Å². The number of halogens is 1. The number of fused-ring (bicyclic) bond motifs is 1. The Balaban J connectivity index is 0.000000637. The van der Waals surface area contributed by atoms with Gasteiger partial charge in [-0.15, -0.1) is 5.10 Å². The lowest BCUT2D eigenvalue weighted by Crippen LogP contribution is -1.84. The maximum atomic E-state index is 12.8. The number of imidazole rings is 1. The molecule has 0 aliphatic rings. The predicted molar refractivity (Wildman–Crippen MR) is 74.2 cm³/mol. The van der Waals surface area contributed by atoms with E-state index in [-0.39, 0.29) is 5.82 Å². The first kappa shape index (κ1) is 13.5. The Morgan fingerprint density at radius 1 is 1.21 bits per heavy atom. The highest BCUT2D eigenvalue weighted by molar-refractivity contribution is 7.18. The normalized spacial score (nSPS) is 10.1. The Bertz CT molecular complexity index is 629. The van der Waals surface area contributed by atoms with E-state index in [0.29, 0.717) is 5.19 Å². The summed E-state index contributed by atoms with van der Waals surface area (Å²) in [5.41, 5.74) is 1.63. The van der Waals surface area contributed by atoms with Crippen LogP contribution < -0.4 is 4.74 Å². The van der Waals surface area contributed by atoms with Gasteiger partial charge in [-0.05, 0) is 35.6 Å². The summed E-state index contributed by atoms with van der Waals surface area (Å²) in [5, 5.41) is 4.74. The smallest absolute Gasteiger partial charge is 0.294 e. The van der Waals surface area contributed by atoms with Crippen molar-refractivity contribution in [1.29, 1.82) is 0 Å². The lowest BCUT2D eigenvalue weighted by atomic mass is 10.2. The van der Waals surface area contributed by atoms with Gasteiger partial charge in [-0.1, -0.05) is 13.8 Å². The summed E-state index contributed by atoms with van der Waals surface area (Å²) in [5.74, 6) is -0.255. The lowest BCUT2D eigenvalue weighted by molar-refractivity contribution is 0.405. The van der Waals surface area contributed by atoms with E-state index < -0.39 is 0 Å². The topological polar surface area (TPSA) is 39.4 Å². The Hall–Kier alpha value is -1.95. The fraction of sp³-hybridized carbons (Fsp3) is 0.231. The second-order valence-electron chi connectivity index (χ2n) is 3.43. The van der Waals surface area contributed by atoms with Crippen molar-refractivity contribution in [3.05, 3.63) is 36.3 Å². The molecule has 0 N–H and O–H groups in total. The molecule has 0 bridgehead atoms. The van der Waals surface area contributed by atoms with Crippen molar-refractivity contribution in [2.45, 2.75) is 13.8 Å². The van der Waals surface area contributed by atoms with Crippen LogP contribution in [0.25, 0.3) is 16.2 Å². The molecule has 0 radical (unpaired) electrons. The third-order valence-corrected chi connectivity index (χ3v) is 3.22. The highest BCUT2D eigenvalue weighted by atomic mass is 32.1. The van der Waals surface area contributed by atoms with Crippen LogP contribution in [-0.4, -0.2) is 21.7 Å². The fourth-order valence-corrected chi connectivity index (χ4v) is 2.22. The summed E-state index contributed by atoms with van der Waals surface area (Å²) >= 11 is 1.36. The summed E-state index contributed by atoms with van der Waals surface area (Å²) in [6, 6.07) is 6.21. The largest absolute Gasteiger partial charge is 0.472 e. The molecular formula is C13H14FN3OS. The summed E-state index contributed by atoms with van der Waals surface area (Å²) < 4.78 is 19.5. The van der Waals surface area contributed by atoms with Gasteiger partial charge in [0.05, 0.1) is 19.0 Å². The van der Waals surface area contributed by atoms with Crippen molar-refractivity contribution >= 4 is 16.3 Å². The van der Waals surface area contributed by atoms with Gasteiger partial charge >= 0.3 is 0 Å². The van der Waals surface area contributed by atoms with Gasteiger partial charge in [-0.3, -0.25) is 0 Å². The monoisotopic (exact) mass is 279 g/mol. The first-order chi connectivity index (χ1) is 9.26. The molecule has 0 aliphatic heterocycles. The molecule has 0 spiro atoms. The Labute approximate surface area is 114 Å². The van der Waals surface area contributed by atoms with Crippen LogP contribution >= 0.6 is 11.3 Å². The highest BCUT2D eigenvalue weighted by Crippen LogP contribution is 2.25. The predicted octanol–water partition coefficient (Wildman–Crippen LogP) is 3.63. The molecule has 0 amide bonds. The van der Waals surface area contributed by atoms with Crippen molar-refractivity contribution in [3.63, 3.8) is 0 Å². The molecule has 2 heterocycles. The molecule has 3 aromatic rings. The summed E-state index contributed by atoms with van der Waals surface area (Å²) in [6.45, 7) is 4.00. The minimum Gasteiger partial charge on any atom is -0.472 e. The second-order valence-corrected chi connectivity index (χ2v) is 4.35. The second kappa shape index (κ2) is 5.79. The molecule has 4 nitrogen and oxygen atoms in total. The molecular weight excluding hydrogens is 265 g/mol. The maximum absolute atomic E-state index is 12.8. The third-order valence-electron chi connectivity index (χ3n) is 2.34. The molecule has 0 atom stereocenters. The molecule has 100 valence electrons. The molecule has 0 unspecified atom stereocenters. The van der Waals surface area contributed by atoms with E-state index in [2.05, 4.69) is 10.1 Å². The maximum Gasteiger partial charge on any atom is 0.294 e. The van der Waals surface area contributed by atoms with E-state index in [1.165, 1.54) is 23.5 Å². The van der Waals surface area contributed by atoms with Crippen LogP contribution in [0.2, 0.25) is 0 Å². The van der Waals surface area contributed by atoms with E-state index in [1.807, 2.05) is 13.8 Å². The van der Waals surface area contributed by atoms with E-state index in [0.717, 1.165) is 16.2 Å². The number of aromatic nitrogens is 3. The van der Waals surface area contributed by atoms with Gasteiger partial charge in [0.15, 0.2) is 0 Å². The Morgan fingerprint density at radius 3 is 2.47 bits per heavy atom. The van der Waals surface area contributed by atoms with Gasteiger partial charge in [-0.25, -0.2) is 13.9 Å². The number of ether oxygens (including phenoxy) is 1. The molecule has 0 aliphatic carbocycles. The first-order valence-electron chi connectivity index (χ1n) is 5.92. The standard InChI is InChI=1S/C11H8FN3OS.C2H6/c1-16-11-14-15-6-9(13-10(15)17-11)7-2-4-8(12)5-3-7;1-2/h2-6H,1H3;1-2H3. The Kier molecular flexibility index (Phi) is 4.11. The molecule has 19 heavy (non-hydrogen) atoms. The zero-order valence-electron chi connectivity index (χ0n) is 10.9. The number of methoxy groups -OCH3 is 1. The number of nitrogens with zero attached hydrogens (tertiary/aromatic N) is 3. The van der Waals surface area contributed by atoms with E-state index in [9.17, 15) is 4.39 Å². The molecule has 0 saturated carbocycles. The number of hydrogen-bond donors (Lipinski definition) is 0. The van der Waals surface area contributed by atoms with Gasteiger partial charge in [0, 0.05) is 5.56 Å². The minimum absolute atomic E-state index is 0.255. The van der Waals surface area contributed by atoms with Crippen LogP contribution in [0.4, 0.5) is 4.39 Å². The van der Waals surface area contributed by atoms with Crippen LogP contribution in [0, 0.1) is 5.82 Å². The van der Waals surface area contributed by atoms with Crippen LogP contribution in [0.3, 0.4) is 0 Å². The average Bonchev–Trinajstić information content (AvgIpc) is 2.99. The number of rotatable bonds is 2. The van der Waals surface area contributed by atoms with Gasteiger partial charge in [0.25, 0.3) is 5.19 Å². The van der Waals surface area contributed by atoms with Crippen molar-refractivity contribution in [3.8, 4) is 16.5 Å². The van der Waals surface area contributed by atoms with Crippen LogP contribution in [0.5, 0.6) is 5.19 Å². The number of hydrogen-bond acceptors (Lipinski definition) is 4. The zero-order valence-corrected chi connectivity index (χ0v) is 11.7. The van der Waals surface area contributed by atoms with Crippen molar-refractivity contribution in [2.24, 2.45) is 0 Å². The van der Waals surface area contributed by atoms with Gasteiger partial charge < -0.3 is 4.74 Å². The zero-order chi connectivity index (χ0) is 13.8. The molecule has 6 heteroatoms. The SMILES string of the molecule is CC.COc1nn2cc(-c3ccc(F)cc3)nc2s1. The van der Waals surface area contributed by atoms with Gasteiger partial charge in [-0.2, -0.15) is 0 Å². The van der Waals surface area contributed by atoms with E-state index in [4.69, 9.17) is 4.74 Å². The summed E-state index contributed by atoms with van der Waals surface area (Å²) in [6.07, 6.45) is 1.79. The van der Waals surface area contributed by atoms with Crippen molar-refractivity contribution < 1.29 is 9.13 Å². The van der Waals surface area contributed by atoms with Crippen LogP contribution in [-0.2, 0) is 0 Å². The van der Waals surface area contributed by atoms with E-state index >= 15 is 0 Å². The lowest BCUT2D eigenvalue weighted by Gasteiger charge is -1.94. The summed E-state index contributed by atoms with van der Waals surface area (Å²) in [7, 11) is 1.57. The quantitative estimate of drug-likeness (QED) is 0.719.